The van der Waals surface area contributed by atoms with Crippen LogP contribution in [0.25, 0.3) is 11.1 Å². The van der Waals surface area contributed by atoms with Crippen molar-refractivity contribution >= 4 is 11.7 Å². The van der Waals surface area contributed by atoms with Crippen molar-refractivity contribution < 1.29 is 32.6 Å². The lowest BCUT2D eigenvalue weighted by Gasteiger charge is -2.15. The Morgan fingerprint density at radius 3 is 2.47 bits per heavy atom. The van der Waals surface area contributed by atoms with Gasteiger partial charge < -0.3 is 20.0 Å². The number of hydrogen-bond donors (Lipinski definition) is 2. The largest absolute Gasteiger partial charge is 0.496 e. The van der Waals surface area contributed by atoms with Crippen LogP contribution in [0.15, 0.2) is 71.9 Å². The number of alkyl halides is 3. The van der Waals surface area contributed by atoms with Crippen LogP contribution in [0.5, 0.6) is 5.75 Å². The van der Waals surface area contributed by atoms with Crippen molar-refractivity contribution in [2.45, 2.75) is 32.7 Å². The highest BCUT2D eigenvalue weighted by Gasteiger charge is 2.34. The van der Waals surface area contributed by atoms with Crippen molar-refractivity contribution in [3.63, 3.8) is 0 Å². The van der Waals surface area contributed by atoms with Crippen molar-refractivity contribution in [1.29, 1.82) is 0 Å². The molecule has 0 aliphatic carbocycles. The minimum absolute atomic E-state index is 0.0168. The zero-order valence-corrected chi connectivity index (χ0v) is 19.9. The molecule has 0 atom stereocenters. The van der Waals surface area contributed by atoms with Gasteiger partial charge in [0.1, 0.15) is 12.4 Å². The van der Waals surface area contributed by atoms with E-state index in [4.69, 9.17) is 14.7 Å². The number of oxime groups is 1. The highest BCUT2D eigenvalue weighted by Crippen LogP contribution is 2.37. The first-order valence-corrected chi connectivity index (χ1v) is 11.2. The summed E-state index contributed by atoms with van der Waals surface area (Å²) in [6.45, 7) is 2.36. The molecular weight excluding hydrogens is 473 g/mol. The maximum absolute atomic E-state index is 13.7. The number of carbonyl (C=O) groups is 1. The lowest BCUT2D eigenvalue weighted by molar-refractivity contribution is -0.138. The Labute approximate surface area is 207 Å². The number of nitrogens with zero attached hydrogens (tertiary/aromatic N) is 1. The van der Waals surface area contributed by atoms with E-state index in [1.54, 1.807) is 49.4 Å². The predicted octanol–water partition coefficient (Wildman–Crippen LogP) is 5.89. The number of carboxylic acids is 1. The molecule has 0 bridgehead atoms. The molecule has 2 N–H and O–H groups in total. The van der Waals surface area contributed by atoms with Crippen molar-refractivity contribution in [2.75, 3.05) is 13.7 Å². The van der Waals surface area contributed by atoms with Gasteiger partial charge in [0.25, 0.3) is 0 Å². The highest BCUT2D eigenvalue weighted by molar-refractivity contribution is 5.98. The van der Waals surface area contributed by atoms with E-state index in [0.717, 1.165) is 17.2 Å². The molecule has 6 nitrogen and oxygen atoms in total. The average Bonchev–Trinajstić information content (AvgIpc) is 2.86. The summed E-state index contributed by atoms with van der Waals surface area (Å²) >= 11 is 0. The van der Waals surface area contributed by atoms with Gasteiger partial charge in [0, 0.05) is 24.2 Å². The second-order valence-corrected chi connectivity index (χ2v) is 8.04. The molecule has 0 aliphatic heterocycles. The summed E-state index contributed by atoms with van der Waals surface area (Å²) in [5, 5.41) is 15.8. The van der Waals surface area contributed by atoms with Crippen LogP contribution in [0.1, 0.15) is 35.6 Å². The van der Waals surface area contributed by atoms with Gasteiger partial charge in [-0.25, -0.2) is 0 Å². The van der Waals surface area contributed by atoms with E-state index in [0.29, 0.717) is 35.7 Å². The SMILES string of the molecule is COc1cc(C(C)=NOCc2ccc(-c3ccccc3)c(C(F)(F)F)c2)ccc1CNCCC(=O)O. The molecule has 0 heterocycles. The lowest BCUT2D eigenvalue weighted by atomic mass is 9.97. The molecule has 0 unspecified atom stereocenters. The maximum atomic E-state index is 13.7. The van der Waals surface area contributed by atoms with Gasteiger partial charge in [-0.2, -0.15) is 13.2 Å². The van der Waals surface area contributed by atoms with E-state index in [1.807, 2.05) is 12.1 Å². The molecule has 0 saturated heterocycles. The third kappa shape index (κ3) is 7.32. The fourth-order valence-electron chi connectivity index (χ4n) is 3.58. The summed E-state index contributed by atoms with van der Waals surface area (Å²) in [7, 11) is 1.53. The van der Waals surface area contributed by atoms with E-state index >= 15 is 0 Å². The van der Waals surface area contributed by atoms with Crippen LogP contribution in [0.3, 0.4) is 0 Å². The quantitative estimate of drug-likeness (QED) is 0.195. The van der Waals surface area contributed by atoms with Crippen molar-refractivity contribution in [1.82, 2.24) is 5.32 Å². The number of hydrogen-bond acceptors (Lipinski definition) is 5. The van der Waals surface area contributed by atoms with Gasteiger partial charge in [-0.3, -0.25) is 4.79 Å². The Hall–Kier alpha value is -3.85. The Bertz CT molecular complexity index is 1210. The molecular formula is C27H27F3N2O4. The first kappa shape index (κ1) is 26.7. The Morgan fingerprint density at radius 2 is 1.81 bits per heavy atom. The molecule has 0 aromatic heterocycles. The van der Waals surface area contributed by atoms with Crippen LogP contribution in [0.2, 0.25) is 0 Å². The normalized spacial score (nSPS) is 11.9. The first-order chi connectivity index (χ1) is 17.2. The van der Waals surface area contributed by atoms with Crippen LogP contribution in [-0.2, 0) is 29.0 Å². The fourth-order valence-corrected chi connectivity index (χ4v) is 3.58. The van der Waals surface area contributed by atoms with Gasteiger partial charge in [0.2, 0.25) is 0 Å². The number of rotatable bonds is 11. The van der Waals surface area contributed by atoms with E-state index in [9.17, 15) is 18.0 Å². The monoisotopic (exact) mass is 500 g/mol. The lowest BCUT2D eigenvalue weighted by Crippen LogP contribution is -2.18. The molecule has 0 fully saturated rings. The molecule has 36 heavy (non-hydrogen) atoms. The van der Waals surface area contributed by atoms with Gasteiger partial charge in [-0.15, -0.1) is 0 Å². The van der Waals surface area contributed by atoms with E-state index in [-0.39, 0.29) is 18.6 Å². The molecule has 9 heteroatoms. The molecule has 0 aliphatic rings. The Kier molecular flexibility index (Phi) is 9.08. The van der Waals surface area contributed by atoms with Crippen LogP contribution < -0.4 is 10.1 Å². The van der Waals surface area contributed by atoms with Gasteiger partial charge in [0.15, 0.2) is 0 Å². The number of ether oxygens (including phenoxy) is 1. The predicted molar refractivity (Wildman–Crippen MR) is 131 cm³/mol. The van der Waals surface area contributed by atoms with E-state index < -0.39 is 17.7 Å². The summed E-state index contributed by atoms with van der Waals surface area (Å²) in [5.74, 6) is -0.283. The molecule has 3 aromatic carbocycles. The van der Waals surface area contributed by atoms with Gasteiger partial charge in [0.05, 0.1) is 24.8 Å². The molecule has 0 amide bonds. The zero-order valence-electron chi connectivity index (χ0n) is 19.9. The third-order valence-corrected chi connectivity index (χ3v) is 5.44. The number of methoxy groups -OCH3 is 1. The van der Waals surface area contributed by atoms with Crippen LogP contribution in [-0.4, -0.2) is 30.4 Å². The molecule has 3 aromatic rings. The number of nitrogens with one attached hydrogen (secondary N) is 1. The number of halogens is 3. The second-order valence-electron chi connectivity index (χ2n) is 8.04. The molecule has 0 saturated carbocycles. The number of carboxylic acid groups (broad SMARTS) is 1. The number of aliphatic carboxylic acids is 1. The fraction of sp³-hybridized carbons (Fsp3) is 0.259. The van der Waals surface area contributed by atoms with Crippen LogP contribution >= 0.6 is 0 Å². The van der Waals surface area contributed by atoms with Crippen molar-refractivity contribution in [2.24, 2.45) is 5.16 Å². The zero-order chi connectivity index (χ0) is 26.1. The average molecular weight is 501 g/mol. The minimum atomic E-state index is -4.51. The first-order valence-electron chi connectivity index (χ1n) is 11.2. The number of benzene rings is 3. The van der Waals surface area contributed by atoms with Gasteiger partial charge in [-0.1, -0.05) is 59.8 Å². The Morgan fingerprint density at radius 1 is 1.06 bits per heavy atom. The minimum Gasteiger partial charge on any atom is -0.496 e. The summed E-state index contributed by atoms with van der Waals surface area (Å²) in [4.78, 5) is 16.0. The Balaban J connectivity index is 1.69. The van der Waals surface area contributed by atoms with E-state index in [1.165, 1.54) is 13.2 Å². The summed E-state index contributed by atoms with van der Waals surface area (Å²) in [6.07, 6.45) is -4.50. The second kappa shape index (κ2) is 12.2. The van der Waals surface area contributed by atoms with Crippen LogP contribution in [0.4, 0.5) is 13.2 Å². The van der Waals surface area contributed by atoms with Crippen LogP contribution in [0, 0.1) is 0 Å². The smallest absolute Gasteiger partial charge is 0.417 e. The highest BCUT2D eigenvalue weighted by atomic mass is 19.4. The van der Waals surface area contributed by atoms with Crippen molar-refractivity contribution in [3.05, 3.63) is 89.0 Å². The van der Waals surface area contributed by atoms with Gasteiger partial charge >= 0.3 is 12.1 Å². The maximum Gasteiger partial charge on any atom is 0.417 e. The van der Waals surface area contributed by atoms with Gasteiger partial charge in [-0.05, 0) is 35.7 Å². The summed E-state index contributed by atoms with van der Waals surface area (Å²) in [6, 6.07) is 18.0. The standard InChI is InChI=1S/C27H27F3N2O4/c1-18(21-9-10-22(25(15-21)35-2)16-31-13-12-26(33)34)32-36-17-19-8-11-23(20-6-4-3-5-7-20)24(14-19)27(28,29)30/h3-11,14-15,31H,12-13,16-17H2,1-2H3,(H,33,34). The van der Waals surface area contributed by atoms with Crippen molar-refractivity contribution in [3.8, 4) is 16.9 Å². The molecule has 0 spiro atoms. The molecule has 0 radical (unpaired) electrons. The summed E-state index contributed by atoms with van der Waals surface area (Å²) in [5.41, 5.74) is 2.30. The molecule has 190 valence electrons. The molecule has 3 rings (SSSR count). The third-order valence-electron chi connectivity index (χ3n) is 5.44. The summed E-state index contributed by atoms with van der Waals surface area (Å²) < 4.78 is 46.6. The van der Waals surface area contributed by atoms with E-state index in [2.05, 4.69) is 10.5 Å². The topological polar surface area (TPSA) is 80.2 Å².